The second-order valence-electron chi connectivity index (χ2n) is 3.11. The van der Waals surface area contributed by atoms with Gasteiger partial charge in [-0.1, -0.05) is 0 Å². The molecule has 0 fully saturated rings. The molecule has 0 aliphatic carbocycles. The van der Waals surface area contributed by atoms with Gasteiger partial charge in [-0.15, -0.1) is 0 Å². The molecule has 0 saturated heterocycles. The Morgan fingerprint density at radius 2 is 1.82 bits per heavy atom. The van der Waals surface area contributed by atoms with Crippen LogP contribution in [0.4, 0.5) is 8.78 Å². The fourth-order valence-electron chi connectivity index (χ4n) is 0.896. The number of carbonyl (C=O) groups excluding carboxylic acids is 2. The summed E-state index contributed by atoms with van der Waals surface area (Å²) >= 11 is 0. The number of phenols is 1. The normalized spacial score (nSPS) is 10.9. The van der Waals surface area contributed by atoms with Crippen molar-refractivity contribution in [2.45, 2.75) is 5.92 Å². The van der Waals surface area contributed by atoms with Gasteiger partial charge in [0.1, 0.15) is 11.7 Å². The van der Waals surface area contributed by atoms with Crippen molar-refractivity contribution in [1.82, 2.24) is 0 Å². The van der Waals surface area contributed by atoms with E-state index in [9.17, 15) is 23.5 Å². The lowest BCUT2D eigenvalue weighted by atomic mass is 10.2. The Morgan fingerprint density at radius 1 is 1.29 bits per heavy atom. The maximum Gasteiger partial charge on any atom is 0.338 e. The number of carboxylic acid groups (broad SMARTS) is 1. The Kier molecular flexibility index (Phi) is 3.62. The number of esters is 1. The molecule has 5 nitrogen and oxygen atoms in total. The summed E-state index contributed by atoms with van der Waals surface area (Å²) in [5.41, 5.74) is -0.0862. The Morgan fingerprint density at radius 3 is 2.29 bits per heavy atom. The lowest BCUT2D eigenvalue weighted by Gasteiger charge is -2.16. The Balaban J connectivity index is 2.62. The van der Waals surface area contributed by atoms with Gasteiger partial charge in [0.15, 0.2) is 6.61 Å². The van der Waals surface area contributed by atoms with E-state index in [1.807, 2.05) is 0 Å². The van der Waals surface area contributed by atoms with E-state index in [1.54, 1.807) is 0 Å². The largest absolute Gasteiger partial charge is 0.544 e. The molecule has 0 spiro atoms. The zero-order chi connectivity index (χ0) is 13.1. The van der Waals surface area contributed by atoms with Crippen LogP contribution in [0, 0.1) is 0 Å². The summed E-state index contributed by atoms with van der Waals surface area (Å²) in [5, 5.41) is 18.8. The van der Waals surface area contributed by atoms with Gasteiger partial charge >= 0.3 is 11.9 Å². The van der Waals surface area contributed by atoms with Crippen molar-refractivity contribution in [3.05, 3.63) is 29.8 Å². The summed E-state index contributed by atoms with van der Waals surface area (Å²) in [5.74, 6) is -8.07. The second kappa shape index (κ2) is 4.77. The molecule has 0 radical (unpaired) electrons. The smallest absolute Gasteiger partial charge is 0.338 e. The molecule has 0 bridgehead atoms. The first-order valence-electron chi connectivity index (χ1n) is 4.38. The lowest BCUT2D eigenvalue weighted by molar-refractivity contribution is -0.331. The number of carboxylic acids is 1. The molecule has 0 amide bonds. The van der Waals surface area contributed by atoms with Crippen molar-refractivity contribution in [2.75, 3.05) is 6.61 Å². The Labute approximate surface area is 94.2 Å². The minimum absolute atomic E-state index is 0.0862. The summed E-state index contributed by atoms with van der Waals surface area (Å²) in [6.07, 6.45) is 0. The van der Waals surface area contributed by atoms with Crippen molar-refractivity contribution in [3.63, 3.8) is 0 Å². The molecule has 1 rings (SSSR count). The minimum Gasteiger partial charge on any atom is -0.544 e. The monoisotopic (exact) mass is 245 g/mol. The number of halogens is 2. The molecule has 7 heteroatoms. The van der Waals surface area contributed by atoms with E-state index in [2.05, 4.69) is 4.74 Å². The predicted octanol–water partition coefficient (Wildman–Crippen LogP) is -0.0658. The highest BCUT2D eigenvalue weighted by Gasteiger charge is 2.33. The van der Waals surface area contributed by atoms with Crippen molar-refractivity contribution in [2.24, 2.45) is 0 Å². The van der Waals surface area contributed by atoms with Crippen LogP contribution >= 0.6 is 0 Å². The van der Waals surface area contributed by atoms with Crippen LogP contribution < -0.4 is 5.11 Å². The van der Waals surface area contributed by atoms with E-state index in [-0.39, 0.29) is 11.3 Å². The molecule has 0 aliphatic heterocycles. The van der Waals surface area contributed by atoms with Gasteiger partial charge < -0.3 is 19.7 Å². The lowest BCUT2D eigenvalue weighted by Crippen LogP contribution is -2.45. The minimum atomic E-state index is -4.23. The molecular weight excluding hydrogens is 238 g/mol. The number of aromatic hydroxyl groups is 1. The predicted molar refractivity (Wildman–Crippen MR) is 48.3 cm³/mol. The molecule has 1 aromatic carbocycles. The Bertz CT molecular complexity index is 427. The van der Waals surface area contributed by atoms with Crippen LogP contribution in [0.25, 0.3) is 0 Å². The highest BCUT2D eigenvalue weighted by Crippen LogP contribution is 2.15. The summed E-state index contributed by atoms with van der Waals surface area (Å²) in [4.78, 5) is 21.1. The number of hydrogen-bond acceptors (Lipinski definition) is 5. The van der Waals surface area contributed by atoms with Crippen molar-refractivity contribution in [1.29, 1.82) is 0 Å². The SMILES string of the molecule is O=C(OCC(F)(F)C(=O)[O-])c1ccc(O)cc1. The van der Waals surface area contributed by atoms with Gasteiger partial charge in [0.25, 0.3) is 0 Å². The van der Waals surface area contributed by atoms with Crippen molar-refractivity contribution >= 4 is 11.9 Å². The van der Waals surface area contributed by atoms with Crippen LogP contribution in [-0.4, -0.2) is 29.6 Å². The summed E-state index contributed by atoms with van der Waals surface area (Å²) in [6, 6.07) is 4.62. The molecule has 1 aromatic rings. The quantitative estimate of drug-likeness (QED) is 0.750. The number of alkyl halides is 2. The zero-order valence-corrected chi connectivity index (χ0v) is 8.35. The average molecular weight is 245 g/mol. The first kappa shape index (κ1) is 12.9. The second-order valence-corrected chi connectivity index (χ2v) is 3.11. The van der Waals surface area contributed by atoms with E-state index in [4.69, 9.17) is 5.11 Å². The third kappa shape index (κ3) is 3.40. The van der Waals surface area contributed by atoms with Crippen LogP contribution in [0.5, 0.6) is 5.75 Å². The number of carbonyl (C=O) groups is 2. The Hall–Kier alpha value is -2.18. The van der Waals surface area contributed by atoms with Crippen LogP contribution in [0.15, 0.2) is 24.3 Å². The maximum absolute atomic E-state index is 12.5. The van der Waals surface area contributed by atoms with Crippen LogP contribution in [-0.2, 0) is 9.53 Å². The number of benzene rings is 1. The topological polar surface area (TPSA) is 86.7 Å². The van der Waals surface area contributed by atoms with Gasteiger partial charge in [0, 0.05) is 0 Å². The molecule has 0 aliphatic rings. The standard InChI is InChI=1S/C10H8F2O5/c11-10(12,9(15)16)5-17-8(14)6-1-3-7(13)4-2-6/h1-4,13H,5H2,(H,15,16)/p-1. The fraction of sp³-hybridized carbons (Fsp3) is 0.200. The molecule has 0 unspecified atom stereocenters. The fourth-order valence-corrected chi connectivity index (χ4v) is 0.896. The van der Waals surface area contributed by atoms with Crippen molar-refractivity contribution in [3.8, 4) is 5.75 Å². The van der Waals surface area contributed by atoms with E-state index in [0.29, 0.717) is 0 Å². The number of phenolic OH excluding ortho intramolecular Hbond substituents is 1. The first-order chi connectivity index (χ1) is 7.83. The third-order valence-corrected chi connectivity index (χ3v) is 1.79. The zero-order valence-electron chi connectivity index (χ0n) is 8.35. The number of aliphatic carboxylic acids is 1. The maximum atomic E-state index is 12.5. The van der Waals surface area contributed by atoms with Gasteiger partial charge in [0.05, 0.1) is 5.56 Å². The van der Waals surface area contributed by atoms with Gasteiger partial charge in [-0.25, -0.2) is 4.79 Å². The molecule has 0 atom stereocenters. The highest BCUT2D eigenvalue weighted by atomic mass is 19.3. The van der Waals surface area contributed by atoms with Gasteiger partial charge in [-0.3, -0.25) is 0 Å². The summed E-state index contributed by atoms with van der Waals surface area (Å²) in [7, 11) is 0. The van der Waals surface area contributed by atoms with Gasteiger partial charge in [-0.05, 0) is 24.3 Å². The van der Waals surface area contributed by atoms with E-state index < -0.39 is 24.5 Å². The van der Waals surface area contributed by atoms with E-state index in [1.165, 1.54) is 0 Å². The third-order valence-electron chi connectivity index (χ3n) is 1.79. The summed E-state index contributed by atoms with van der Waals surface area (Å²) < 4.78 is 29.1. The van der Waals surface area contributed by atoms with Crippen LogP contribution in [0.1, 0.15) is 10.4 Å². The molecule has 0 heterocycles. The molecule has 92 valence electrons. The van der Waals surface area contributed by atoms with Gasteiger partial charge in [-0.2, -0.15) is 8.78 Å². The number of ether oxygens (including phenoxy) is 1. The van der Waals surface area contributed by atoms with Crippen LogP contribution in [0.3, 0.4) is 0 Å². The molecule has 1 N–H and O–H groups in total. The molecule has 0 saturated carbocycles. The van der Waals surface area contributed by atoms with E-state index >= 15 is 0 Å². The molecular formula is C10H7F2O5-. The average Bonchev–Trinajstić information content (AvgIpc) is 2.27. The van der Waals surface area contributed by atoms with Gasteiger partial charge in [0.2, 0.25) is 0 Å². The highest BCUT2D eigenvalue weighted by molar-refractivity contribution is 5.89. The van der Waals surface area contributed by atoms with E-state index in [0.717, 1.165) is 24.3 Å². The number of hydrogen-bond donors (Lipinski definition) is 1. The molecule has 17 heavy (non-hydrogen) atoms. The van der Waals surface area contributed by atoms with Crippen LogP contribution in [0.2, 0.25) is 0 Å². The van der Waals surface area contributed by atoms with Crippen molar-refractivity contribution < 1.29 is 33.3 Å². The number of rotatable bonds is 4. The first-order valence-corrected chi connectivity index (χ1v) is 4.38. The summed E-state index contributed by atoms with van der Waals surface area (Å²) in [6.45, 7) is -1.60. The molecule has 0 aromatic heterocycles.